The maximum atomic E-state index is 13.3. The predicted molar refractivity (Wildman–Crippen MR) is 94.9 cm³/mol. The zero-order chi connectivity index (χ0) is 17.6. The molecule has 3 rings (SSSR count). The van der Waals surface area contributed by atoms with Gasteiger partial charge < -0.3 is 15.4 Å². The van der Waals surface area contributed by atoms with Gasteiger partial charge >= 0.3 is 0 Å². The zero-order valence-electron chi connectivity index (χ0n) is 13.5. The first kappa shape index (κ1) is 16.4. The van der Waals surface area contributed by atoms with Crippen LogP contribution in [0.15, 0.2) is 67.0 Å². The van der Waals surface area contributed by atoms with Crippen molar-refractivity contribution in [2.45, 2.75) is 0 Å². The van der Waals surface area contributed by atoms with Gasteiger partial charge in [0, 0.05) is 11.9 Å². The van der Waals surface area contributed by atoms with Gasteiger partial charge in [0.25, 0.3) is 5.91 Å². The molecule has 2 N–H and O–H groups in total. The molecule has 3 aromatic rings. The average molecular weight is 337 g/mol. The molecule has 0 spiro atoms. The molecule has 126 valence electrons. The van der Waals surface area contributed by atoms with Crippen LogP contribution >= 0.6 is 0 Å². The summed E-state index contributed by atoms with van der Waals surface area (Å²) in [6, 6.07) is 14.8. The topological polar surface area (TPSA) is 63.2 Å². The number of carbonyl (C=O) groups excluding carboxylic acids is 1. The van der Waals surface area contributed by atoms with E-state index in [-0.39, 0.29) is 11.7 Å². The van der Waals surface area contributed by atoms with Crippen LogP contribution in [-0.2, 0) is 0 Å². The molecule has 0 atom stereocenters. The Bertz CT molecular complexity index is 899. The highest BCUT2D eigenvalue weighted by molar-refractivity contribution is 6.05. The summed E-state index contributed by atoms with van der Waals surface area (Å²) in [5.41, 5.74) is 2.09. The Morgan fingerprint density at radius 3 is 2.68 bits per heavy atom. The maximum Gasteiger partial charge on any atom is 0.257 e. The van der Waals surface area contributed by atoms with Gasteiger partial charge in [0.05, 0.1) is 30.2 Å². The van der Waals surface area contributed by atoms with Gasteiger partial charge in [-0.25, -0.2) is 4.39 Å². The van der Waals surface area contributed by atoms with Crippen molar-refractivity contribution in [3.8, 4) is 5.75 Å². The number of carbonyl (C=O) groups is 1. The molecule has 0 radical (unpaired) electrons. The minimum absolute atomic E-state index is 0.320. The van der Waals surface area contributed by atoms with Crippen LogP contribution in [0.2, 0.25) is 0 Å². The number of amides is 1. The minimum atomic E-state index is -0.344. The van der Waals surface area contributed by atoms with E-state index in [4.69, 9.17) is 4.74 Å². The first-order valence-corrected chi connectivity index (χ1v) is 7.58. The van der Waals surface area contributed by atoms with E-state index in [0.717, 1.165) is 0 Å². The molecule has 0 aliphatic heterocycles. The molecule has 1 aromatic heterocycles. The lowest BCUT2D eigenvalue weighted by molar-refractivity contribution is 0.102. The van der Waals surface area contributed by atoms with Crippen molar-refractivity contribution in [2.24, 2.45) is 0 Å². The van der Waals surface area contributed by atoms with Gasteiger partial charge in [-0.2, -0.15) is 0 Å². The molecular weight excluding hydrogens is 321 g/mol. The summed E-state index contributed by atoms with van der Waals surface area (Å²) < 4.78 is 18.5. The second kappa shape index (κ2) is 7.44. The Morgan fingerprint density at radius 1 is 1.04 bits per heavy atom. The molecule has 0 aliphatic rings. The summed E-state index contributed by atoms with van der Waals surface area (Å²) in [5, 5.41) is 5.81. The van der Waals surface area contributed by atoms with Crippen molar-refractivity contribution in [2.75, 3.05) is 17.7 Å². The van der Waals surface area contributed by atoms with Gasteiger partial charge in [-0.15, -0.1) is 0 Å². The summed E-state index contributed by atoms with van der Waals surface area (Å²) in [6.07, 6.45) is 3.02. The first-order chi connectivity index (χ1) is 12.2. The Hall–Kier alpha value is -3.41. The number of benzene rings is 2. The van der Waals surface area contributed by atoms with Gasteiger partial charge in [0.15, 0.2) is 0 Å². The summed E-state index contributed by atoms with van der Waals surface area (Å²) >= 11 is 0. The third-order valence-electron chi connectivity index (χ3n) is 3.47. The molecule has 6 heteroatoms. The van der Waals surface area contributed by atoms with Gasteiger partial charge in [0.1, 0.15) is 11.6 Å². The van der Waals surface area contributed by atoms with Crippen LogP contribution < -0.4 is 15.4 Å². The quantitative estimate of drug-likeness (QED) is 0.731. The van der Waals surface area contributed by atoms with Crippen LogP contribution in [0.1, 0.15) is 10.4 Å². The van der Waals surface area contributed by atoms with E-state index in [1.165, 1.54) is 25.4 Å². The molecule has 2 aromatic carbocycles. The molecule has 0 unspecified atom stereocenters. The van der Waals surface area contributed by atoms with Crippen molar-refractivity contribution in [1.82, 2.24) is 4.98 Å². The molecule has 0 aliphatic carbocycles. The number of methoxy groups -OCH3 is 1. The number of hydrogen-bond acceptors (Lipinski definition) is 4. The number of aromatic nitrogens is 1. The van der Waals surface area contributed by atoms with E-state index in [1.807, 2.05) is 6.07 Å². The first-order valence-electron chi connectivity index (χ1n) is 7.58. The summed E-state index contributed by atoms with van der Waals surface area (Å²) in [7, 11) is 1.54. The number of nitrogens with one attached hydrogen (secondary N) is 2. The van der Waals surface area contributed by atoms with Crippen molar-refractivity contribution < 1.29 is 13.9 Å². The van der Waals surface area contributed by atoms with Crippen LogP contribution in [-0.4, -0.2) is 18.0 Å². The van der Waals surface area contributed by atoms with Crippen LogP contribution in [0.4, 0.5) is 21.5 Å². The van der Waals surface area contributed by atoms with E-state index >= 15 is 0 Å². The second-order valence-electron chi connectivity index (χ2n) is 5.25. The Kier molecular flexibility index (Phi) is 4.89. The van der Waals surface area contributed by atoms with E-state index in [2.05, 4.69) is 15.6 Å². The van der Waals surface area contributed by atoms with Crippen molar-refractivity contribution >= 4 is 23.0 Å². The van der Waals surface area contributed by atoms with Gasteiger partial charge in [-0.1, -0.05) is 18.2 Å². The molecule has 5 nitrogen and oxygen atoms in total. The fraction of sp³-hybridized carbons (Fsp3) is 0.0526. The summed E-state index contributed by atoms with van der Waals surface area (Å²) in [5.74, 6) is -0.0965. The number of para-hydroxylation sites is 2. The molecule has 0 saturated heterocycles. The fourth-order valence-corrected chi connectivity index (χ4v) is 2.31. The Labute approximate surface area is 144 Å². The fourth-order valence-electron chi connectivity index (χ4n) is 2.31. The zero-order valence-corrected chi connectivity index (χ0v) is 13.5. The number of anilines is 3. The van der Waals surface area contributed by atoms with E-state index in [0.29, 0.717) is 28.4 Å². The van der Waals surface area contributed by atoms with E-state index in [9.17, 15) is 9.18 Å². The third-order valence-corrected chi connectivity index (χ3v) is 3.47. The lowest BCUT2D eigenvalue weighted by Crippen LogP contribution is -2.13. The number of pyridine rings is 1. The molecule has 0 saturated carbocycles. The highest BCUT2D eigenvalue weighted by Crippen LogP contribution is 2.24. The summed E-state index contributed by atoms with van der Waals surface area (Å²) in [4.78, 5) is 16.5. The van der Waals surface area contributed by atoms with Crippen molar-refractivity contribution in [3.05, 3.63) is 78.4 Å². The monoisotopic (exact) mass is 337 g/mol. The second-order valence-corrected chi connectivity index (χ2v) is 5.25. The number of nitrogens with zero attached hydrogens (tertiary/aromatic N) is 1. The van der Waals surface area contributed by atoms with Gasteiger partial charge in [0.2, 0.25) is 0 Å². The van der Waals surface area contributed by atoms with E-state index < -0.39 is 0 Å². The standard InChI is InChI=1S/C19H16FN3O2/c1-25-18-8-3-2-7-17(18)23-19(24)13-9-16(12-21-11-13)22-15-6-4-5-14(20)10-15/h2-12,22H,1H3,(H,23,24). The molecule has 25 heavy (non-hydrogen) atoms. The maximum absolute atomic E-state index is 13.3. The van der Waals surface area contributed by atoms with Crippen LogP contribution in [0.25, 0.3) is 0 Å². The van der Waals surface area contributed by atoms with Crippen LogP contribution in [0.5, 0.6) is 5.75 Å². The van der Waals surface area contributed by atoms with Crippen LogP contribution in [0, 0.1) is 5.82 Å². The number of hydrogen-bond donors (Lipinski definition) is 2. The highest BCUT2D eigenvalue weighted by atomic mass is 19.1. The lowest BCUT2D eigenvalue weighted by atomic mass is 10.2. The molecular formula is C19H16FN3O2. The van der Waals surface area contributed by atoms with Crippen molar-refractivity contribution in [3.63, 3.8) is 0 Å². The molecule has 0 fully saturated rings. The highest BCUT2D eigenvalue weighted by Gasteiger charge is 2.10. The Balaban J connectivity index is 1.77. The lowest BCUT2D eigenvalue weighted by Gasteiger charge is -2.11. The molecule has 1 amide bonds. The molecule has 0 bridgehead atoms. The average Bonchev–Trinajstić information content (AvgIpc) is 2.62. The van der Waals surface area contributed by atoms with Gasteiger partial charge in [-0.3, -0.25) is 9.78 Å². The third kappa shape index (κ3) is 4.11. The normalized spacial score (nSPS) is 10.2. The van der Waals surface area contributed by atoms with E-state index in [1.54, 1.807) is 42.6 Å². The van der Waals surface area contributed by atoms with Crippen molar-refractivity contribution in [1.29, 1.82) is 0 Å². The minimum Gasteiger partial charge on any atom is -0.495 e. The SMILES string of the molecule is COc1ccccc1NC(=O)c1cncc(Nc2cccc(F)c2)c1. The largest absolute Gasteiger partial charge is 0.495 e. The predicted octanol–water partition coefficient (Wildman–Crippen LogP) is 4.23. The molecule has 1 heterocycles. The number of rotatable bonds is 5. The Morgan fingerprint density at radius 2 is 1.88 bits per heavy atom. The number of ether oxygens (including phenoxy) is 1. The van der Waals surface area contributed by atoms with Gasteiger partial charge in [-0.05, 0) is 36.4 Å². The van der Waals surface area contributed by atoms with Crippen LogP contribution in [0.3, 0.4) is 0 Å². The smallest absolute Gasteiger partial charge is 0.257 e. The number of halogens is 1. The summed E-state index contributed by atoms with van der Waals surface area (Å²) in [6.45, 7) is 0.